The molecule has 0 amide bonds. The number of hydrogen-bond donors (Lipinski definition) is 1. The van der Waals surface area contributed by atoms with Crippen molar-refractivity contribution in [3.05, 3.63) is 48.2 Å². The molecular weight excluding hydrogens is 261 g/mol. The van der Waals surface area contributed by atoms with Crippen molar-refractivity contribution < 1.29 is 9.31 Å². The Bertz CT molecular complexity index is 574. The minimum absolute atomic E-state index is 0.323. The lowest BCUT2D eigenvalue weighted by Crippen LogP contribution is -2.41. The maximum Gasteiger partial charge on any atom is 0.494 e. The molecule has 2 rings (SSSR count). The largest absolute Gasteiger partial charge is 0.494 e. The van der Waals surface area contributed by atoms with Crippen LogP contribution in [-0.2, 0) is 9.31 Å². The highest BCUT2D eigenvalue weighted by atomic mass is 16.7. The van der Waals surface area contributed by atoms with E-state index in [9.17, 15) is 0 Å². The summed E-state index contributed by atoms with van der Waals surface area (Å²) in [4.78, 5) is 0. The van der Waals surface area contributed by atoms with E-state index in [0.717, 1.165) is 22.2 Å². The summed E-state index contributed by atoms with van der Waals surface area (Å²) in [5.41, 5.74) is 8.91. The van der Waals surface area contributed by atoms with Gasteiger partial charge in [-0.25, -0.2) is 0 Å². The Labute approximate surface area is 128 Å². The van der Waals surface area contributed by atoms with Crippen molar-refractivity contribution in [2.75, 3.05) is 0 Å². The summed E-state index contributed by atoms with van der Waals surface area (Å²) < 4.78 is 12.1. The van der Waals surface area contributed by atoms with Gasteiger partial charge < -0.3 is 15.0 Å². The molecule has 3 nitrogen and oxygen atoms in total. The fraction of sp³-hybridized carbons (Fsp3) is 0.412. The number of rotatable bonds is 3. The molecule has 2 N–H and O–H groups in total. The predicted molar refractivity (Wildman–Crippen MR) is 89.3 cm³/mol. The first-order valence-electron chi connectivity index (χ1n) is 7.22. The van der Waals surface area contributed by atoms with E-state index in [-0.39, 0.29) is 18.3 Å². The van der Waals surface area contributed by atoms with Gasteiger partial charge in [0.2, 0.25) is 0 Å². The lowest BCUT2D eigenvalue weighted by molar-refractivity contribution is 0.00578. The van der Waals surface area contributed by atoms with Gasteiger partial charge in [0, 0.05) is 0 Å². The third-order valence-electron chi connectivity index (χ3n) is 4.42. The lowest BCUT2D eigenvalue weighted by atomic mass is 9.77. The van der Waals surface area contributed by atoms with E-state index in [0.29, 0.717) is 0 Å². The molecule has 1 aliphatic heterocycles. The molecule has 0 saturated carbocycles. The molecule has 1 heterocycles. The van der Waals surface area contributed by atoms with Gasteiger partial charge in [0.15, 0.2) is 0 Å². The van der Waals surface area contributed by atoms with E-state index in [1.54, 1.807) is 6.08 Å². The van der Waals surface area contributed by atoms with Crippen LogP contribution in [0.1, 0.15) is 38.8 Å². The topological polar surface area (TPSA) is 44.5 Å². The first-order valence-corrected chi connectivity index (χ1v) is 7.22. The lowest BCUT2D eigenvalue weighted by Gasteiger charge is -2.32. The van der Waals surface area contributed by atoms with Gasteiger partial charge in [-0.3, -0.25) is 0 Å². The zero-order chi connectivity index (χ0) is 15.8. The van der Waals surface area contributed by atoms with Crippen LogP contribution < -0.4 is 11.2 Å². The summed E-state index contributed by atoms with van der Waals surface area (Å²) >= 11 is 0. The monoisotopic (exact) mass is 285 g/mol. The average molecular weight is 285 g/mol. The van der Waals surface area contributed by atoms with E-state index in [1.807, 2.05) is 12.1 Å². The quantitative estimate of drug-likeness (QED) is 0.686. The minimum Gasteiger partial charge on any atom is -0.405 e. The van der Waals surface area contributed by atoms with Gasteiger partial charge in [-0.2, -0.15) is 0 Å². The molecule has 21 heavy (non-hydrogen) atoms. The number of nitrogens with two attached hydrogens (primary N) is 1. The van der Waals surface area contributed by atoms with Gasteiger partial charge in [0.25, 0.3) is 0 Å². The van der Waals surface area contributed by atoms with Gasteiger partial charge in [-0.05, 0) is 69.1 Å². The summed E-state index contributed by atoms with van der Waals surface area (Å²) in [6, 6.07) is 6.16. The smallest absolute Gasteiger partial charge is 0.405 e. The number of hydrogen-bond acceptors (Lipinski definition) is 3. The molecule has 0 bridgehead atoms. The first kappa shape index (κ1) is 15.9. The highest BCUT2D eigenvalue weighted by Crippen LogP contribution is 2.36. The van der Waals surface area contributed by atoms with Gasteiger partial charge >= 0.3 is 7.12 Å². The third kappa shape index (κ3) is 2.92. The van der Waals surface area contributed by atoms with Crippen LogP contribution in [0.5, 0.6) is 0 Å². The third-order valence-corrected chi connectivity index (χ3v) is 4.42. The van der Waals surface area contributed by atoms with Crippen molar-refractivity contribution in [3.63, 3.8) is 0 Å². The summed E-state index contributed by atoms with van der Waals surface area (Å²) in [6.07, 6.45) is 3.31. The van der Waals surface area contributed by atoms with E-state index < -0.39 is 0 Å². The van der Waals surface area contributed by atoms with E-state index in [1.165, 1.54) is 6.20 Å². The van der Waals surface area contributed by atoms with Crippen LogP contribution in [0.25, 0.3) is 5.57 Å². The van der Waals surface area contributed by atoms with Crippen molar-refractivity contribution in [1.82, 2.24) is 0 Å². The second kappa shape index (κ2) is 5.36. The molecule has 0 aliphatic carbocycles. The molecule has 1 aromatic rings. The van der Waals surface area contributed by atoms with Crippen molar-refractivity contribution in [2.24, 2.45) is 5.73 Å². The molecule has 0 aromatic heterocycles. The van der Waals surface area contributed by atoms with Crippen LogP contribution in [0.15, 0.2) is 37.1 Å². The van der Waals surface area contributed by atoms with Crippen LogP contribution in [0.4, 0.5) is 0 Å². The predicted octanol–water partition coefficient (Wildman–Crippen LogP) is 2.78. The molecule has 0 radical (unpaired) electrons. The Morgan fingerprint density at radius 3 is 2.24 bits per heavy atom. The van der Waals surface area contributed by atoms with Crippen LogP contribution in [0.3, 0.4) is 0 Å². The minimum atomic E-state index is -0.332. The van der Waals surface area contributed by atoms with Gasteiger partial charge in [0.1, 0.15) is 0 Å². The molecule has 1 aromatic carbocycles. The summed E-state index contributed by atoms with van der Waals surface area (Å²) in [6.45, 7) is 14.3. The van der Waals surface area contributed by atoms with Crippen LogP contribution in [0, 0.1) is 6.92 Å². The fourth-order valence-corrected chi connectivity index (χ4v) is 2.38. The Balaban J connectivity index is 2.28. The van der Waals surface area contributed by atoms with Crippen LogP contribution >= 0.6 is 0 Å². The second-order valence-electron chi connectivity index (χ2n) is 6.55. The van der Waals surface area contributed by atoms with Gasteiger partial charge in [0.05, 0.1) is 11.2 Å². The van der Waals surface area contributed by atoms with Crippen LogP contribution in [0.2, 0.25) is 0 Å². The number of benzene rings is 1. The number of allylic oxidation sites excluding steroid dienone is 2. The summed E-state index contributed by atoms with van der Waals surface area (Å²) in [5.74, 6) is 0. The normalized spacial score (nSPS) is 20.1. The zero-order valence-electron chi connectivity index (χ0n) is 13.6. The van der Waals surface area contributed by atoms with Crippen molar-refractivity contribution in [3.8, 4) is 0 Å². The first-order chi connectivity index (χ1) is 9.68. The van der Waals surface area contributed by atoms with Gasteiger partial charge in [-0.1, -0.05) is 24.8 Å². The molecule has 4 heteroatoms. The Morgan fingerprint density at radius 1 is 1.19 bits per heavy atom. The Kier molecular flexibility index (Phi) is 4.05. The fourth-order valence-electron chi connectivity index (χ4n) is 2.38. The molecular formula is C17H24BNO2. The van der Waals surface area contributed by atoms with Crippen molar-refractivity contribution in [2.45, 2.75) is 45.8 Å². The van der Waals surface area contributed by atoms with E-state index in [2.05, 4.69) is 47.3 Å². The SMILES string of the molecule is C=C(/C=C\N)c1ccc(B2OC(C)(C)C(C)(C)O2)cc1C. The van der Waals surface area contributed by atoms with E-state index in [4.69, 9.17) is 15.0 Å². The number of aryl methyl sites for hydroxylation is 1. The average Bonchev–Trinajstić information content (AvgIpc) is 2.58. The molecule has 1 aliphatic rings. The standard InChI is InChI=1S/C17H24BNO2/c1-12(9-10-19)15-8-7-14(11-13(15)2)18-20-16(3,4)17(5,6)21-18/h7-11H,1,19H2,2-6H3/b10-9-. The maximum absolute atomic E-state index is 6.07. The molecule has 1 saturated heterocycles. The van der Waals surface area contributed by atoms with Gasteiger partial charge in [-0.15, -0.1) is 0 Å². The van der Waals surface area contributed by atoms with Crippen molar-refractivity contribution in [1.29, 1.82) is 0 Å². The maximum atomic E-state index is 6.07. The zero-order valence-corrected chi connectivity index (χ0v) is 13.6. The Hall–Kier alpha value is -1.52. The molecule has 1 fully saturated rings. The summed E-state index contributed by atoms with van der Waals surface area (Å²) in [5, 5.41) is 0. The van der Waals surface area contributed by atoms with Crippen LogP contribution in [-0.4, -0.2) is 18.3 Å². The molecule has 0 unspecified atom stereocenters. The van der Waals surface area contributed by atoms with E-state index >= 15 is 0 Å². The second-order valence-corrected chi connectivity index (χ2v) is 6.55. The molecule has 112 valence electrons. The molecule has 0 atom stereocenters. The molecule has 0 spiro atoms. The van der Waals surface area contributed by atoms with Crippen molar-refractivity contribution >= 4 is 18.2 Å². The Morgan fingerprint density at radius 2 is 1.76 bits per heavy atom. The highest BCUT2D eigenvalue weighted by Gasteiger charge is 2.51. The summed E-state index contributed by atoms with van der Waals surface area (Å²) in [7, 11) is -0.332. The highest BCUT2D eigenvalue weighted by molar-refractivity contribution is 6.62.